The fraction of sp³-hybridized carbons (Fsp3) is 0.133. The normalized spacial score (nSPS) is 18.3. The van der Waals surface area contributed by atoms with Crippen LogP contribution < -0.4 is 4.74 Å². The second-order valence-corrected chi connectivity index (χ2v) is 6.76. The Morgan fingerprint density at radius 2 is 2.11 bits per heavy atom. The van der Waals surface area contributed by atoms with Gasteiger partial charge in [-0.15, -0.1) is 0 Å². The second kappa shape index (κ2) is 5.27. The lowest BCUT2D eigenvalue weighted by Crippen LogP contribution is -1.89. The SMILES string of the molecule is COc1cccc(C[SH]2C=Nc3ccc(Cl)cc32)c1. The summed E-state index contributed by atoms with van der Waals surface area (Å²) in [5.74, 6) is 1.87. The Bertz CT molecular complexity index is 642. The van der Waals surface area contributed by atoms with E-state index in [2.05, 4.69) is 22.7 Å². The highest BCUT2D eigenvalue weighted by molar-refractivity contribution is 8.28. The topological polar surface area (TPSA) is 21.6 Å². The molecule has 98 valence electrons. The summed E-state index contributed by atoms with van der Waals surface area (Å²) in [6.07, 6.45) is 0. The van der Waals surface area contributed by atoms with E-state index in [1.54, 1.807) is 7.11 Å². The van der Waals surface area contributed by atoms with Crippen LogP contribution in [0.25, 0.3) is 0 Å². The number of benzene rings is 2. The highest BCUT2D eigenvalue weighted by atomic mass is 35.5. The zero-order chi connectivity index (χ0) is 13.2. The van der Waals surface area contributed by atoms with Gasteiger partial charge in [-0.25, -0.2) is 0 Å². The fourth-order valence-electron chi connectivity index (χ4n) is 2.12. The minimum absolute atomic E-state index is 0.403. The number of fused-ring (bicyclic) bond motifs is 1. The molecule has 0 aliphatic carbocycles. The van der Waals surface area contributed by atoms with Crippen LogP contribution >= 0.6 is 22.5 Å². The highest BCUT2D eigenvalue weighted by Crippen LogP contribution is 2.48. The third-order valence-electron chi connectivity index (χ3n) is 3.07. The fourth-order valence-corrected chi connectivity index (χ4v) is 4.33. The van der Waals surface area contributed by atoms with Crippen molar-refractivity contribution in [3.8, 4) is 5.75 Å². The summed E-state index contributed by atoms with van der Waals surface area (Å²) in [6.45, 7) is 0. The van der Waals surface area contributed by atoms with E-state index in [1.165, 1.54) is 10.5 Å². The van der Waals surface area contributed by atoms with Crippen molar-refractivity contribution in [1.82, 2.24) is 0 Å². The maximum absolute atomic E-state index is 6.07. The molecule has 0 amide bonds. The molecule has 2 aromatic carbocycles. The van der Waals surface area contributed by atoms with E-state index in [0.29, 0.717) is 0 Å². The van der Waals surface area contributed by atoms with Crippen molar-refractivity contribution >= 4 is 33.7 Å². The van der Waals surface area contributed by atoms with Gasteiger partial charge in [0.25, 0.3) is 0 Å². The smallest absolute Gasteiger partial charge is 0.119 e. The molecule has 0 saturated carbocycles. The van der Waals surface area contributed by atoms with Crippen LogP contribution in [0.3, 0.4) is 0 Å². The molecule has 1 unspecified atom stereocenters. The van der Waals surface area contributed by atoms with E-state index in [1.807, 2.05) is 30.3 Å². The van der Waals surface area contributed by atoms with E-state index in [-0.39, 0.29) is 0 Å². The summed E-state index contributed by atoms with van der Waals surface area (Å²) >= 11 is 6.07. The van der Waals surface area contributed by atoms with Crippen molar-refractivity contribution in [3.63, 3.8) is 0 Å². The van der Waals surface area contributed by atoms with E-state index >= 15 is 0 Å². The van der Waals surface area contributed by atoms with Crippen LogP contribution in [-0.4, -0.2) is 12.7 Å². The molecule has 0 bridgehead atoms. The molecule has 1 atom stereocenters. The minimum Gasteiger partial charge on any atom is -0.497 e. The third kappa shape index (κ3) is 2.62. The second-order valence-electron chi connectivity index (χ2n) is 4.36. The molecule has 2 aromatic rings. The molecule has 0 spiro atoms. The molecule has 0 fully saturated rings. The number of rotatable bonds is 3. The van der Waals surface area contributed by atoms with Gasteiger partial charge in [0.15, 0.2) is 0 Å². The molecule has 1 aliphatic rings. The monoisotopic (exact) mass is 291 g/mol. The highest BCUT2D eigenvalue weighted by Gasteiger charge is 2.16. The lowest BCUT2D eigenvalue weighted by atomic mass is 10.2. The number of aliphatic imine (C=N–C) groups is 1. The minimum atomic E-state index is -0.403. The van der Waals surface area contributed by atoms with Crippen molar-refractivity contribution in [2.75, 3.05) is 7.11 Å². The van der Waals surface area contributed by atoms with Crippen molar-refractivity contribution in [1.29, 1.82) is 0 Å². The van der Waals surface area contributed by atoms with Gasteiger partial charge in [-0.1, -0.05) is 23.7 Å². The standard InChI is InChI=1S/C15H14ClNOS/c1-18-13-4-2-3-11(7-13)9-19-10-17-14-6-5-12(16)8-15(14)19/h2-8,10,19H,9H2,1H3. The van der Waals surface area contributed by atoms with E-state index in [9.17, 15) is 0 Å². The summed E-state index contributed by atoms with van der Waals surface area (Å²) < 4.78 is 5.26. The van der Waals surface area contributed by atoms with E-state index in [4.69, 9.17) is 16.3 Å². The number of halogens is 1. The lowest BCUT2D eigenvalue weighted by Gasteiger charge is -2.14. The molecule has 1 heterocycles. The quantitative estimate of drug-likeness (QED) is 0.821. The van der Waals surface area contributed by atoms with Gasteiger partial charge < -0.3 is 4.74 Å². The number of ether oxygens (including phenoxy) is 1. The molecular formula is C15H14ClNOS. The summed E-state index contributed by atoms with van der Waals surface area (Å²) in [7, 11) is 1.29. The molecule has 19 heavy (non-hydrogen) atoms. The van der Waals surface area contributed by atoms with Crippen LogP contribution in [0.4, 0.5) is 5.69 Å². The van der Waals surface area contributed by atoms with Crippen molar-refractivity contribution in [2.24, 2.45) is 4.99 Å². The van der Waals surface area contributed by atoms with Gasteiger partial charge in [0, 0.05) is 21.2 Å². The van der Waals surface area contributed by atoms with Crippen LogP contribution in [0.15, 0.2) is 52.4 Å². The summed E-state index contributed by atoms with van der Waals surface area (Å²) in [6, 6.07) is 14.1. The number of methoxy groups -OCH3 is 1. The Morgan fingerprint density at radius 3 is 2.95 bits per heavy atom. The van der Waals surface area contributed by atoms with E-state index < -0.39 is 10.9 Å². The first-order valence-electron chi connectivity index (χ1n) is 5.99. The zero-order valence-corrected chi connectivity index (χ0v) is 12.2. The lowest BCUT2D eigenvalue weighted by molar-refractivity contribution is 0.414. The summed E-state index contributed by atoms with van der Waals surface area (Å²) in [5, 5.41) is 0.780. The Kier molecular flexibility index (Phi) is 3.49. The average molecular weight is 292 g/mol. The first kappa shape index (κ1) is 12.6. The Balaban J connectivity index is 1.86. The first-order valence-corrected chi connectivity index (χ1v) is 7.97. The number of hydrogen-bond donors (Lipinski definition) is 1. The van der Waals surface area contributed by atoms with Gasteiger partial charge in [-0.2, -0.15) is 10.9 Å². The molecule has 4 heteroatoms. The van der Waals surface area contributed by atoms with Gasteiger partial charge in [0.05, 0.1) is 12.8 Å². The third-order valence-corrected chi connectivity index (χ3v) is 5.38. The van der Waals surface area contributed by atoms with Crippen LogP contribution in [0.5, 0.6) is 5.75 Å². The van der Waals surface area contributed by atoms with Crippen LogP contribution in [0, 0.1) is 0 Å². The van der Waals surface area contributed by atoms with Crippen LogP contribution in [-0.2, 0) is 5.75 Å². The van der Waals surface area contributed by atoms with Crippen molar-refractivity contribution < 1.29 is 4.74 Å². The number of thiol groups is 1. The Morgan fingerprint density at radius 1 is 1.21 bits per heavy atom. The predicted molar refractivity (Wildman–Crippen MR) is 83.6 cm³/mol. The molecular weight excluding hydrogens is 278 g/mol. The Hall–Kier alpha value is -1.45. The van der Waals surface area contributed by atoms with Gasteiger partial charge >= 0.3 is 0 Å². The molecule has 0 radical (unpaired) electrons. The van der Waals surface area contributed by atoms with Crippen molar-refractivity contribution in [3.05, 3.63) is 53.1 Å². The van der Waals surface area contributed by atoms with Gasteiger partial charge in [-0.05, 0) is 35.9 Å². The van der Waals surface area contributed by atoms with Gasteiger partial charge in [-0.3, -0.25) is 4.99 Å². The summed E-state index contributed by atoms with van der Waals surface area (Å²) in [4.78, 5) is 5.74. The first-order chi connectivity index (χ1) is 9.26. The molecule has 0 saturated heterocycles. The number of hydrogen-bond acceptors (Lipinski definition) is 2. The van der Waals surface area contributed by atoms with Crippen LogP contribution in [0.2, 0.25) is 5.02 Å². The predicted octanol–water partition coefficient (Wildman–Crippen LogP) is 4.58. The largest absolute Gasteiger partial charge is 0.497 e. The maximum atomic E-state index is 6.07. The van der Waals surface area contributed by atoms with Gasteiger partial charge in [0.1, 0.15) is 5.75 Å². The zero-order valence-electron chi connectivity index (χ0n) is 10.5. The molecule has 0 aromatic heterocycles. The average Bonchev–Trinajstić information content (AvgIpc) is 2.81. The Labute approximate surface area is 120 Å². The van der Waals surface area contributed by atoms with Gasteiger partial charge in [0.2, 0.25) is 0 Å². The number of nitrogens with zero attached hydrogens (tertiary/aromatic N) is 1. The summed E-state index contributed by atoms with van der Waals surface area (Å²) in [5.41, 5.74) is 4.39. The molecule has 2 nitrogen and oxygen atoms in total. The van der Waals surface area contributed by atoms with Crippen LogP contribution in [0.1, 0.15) is 5.56 Å². The van der Waals surface area contributed by atoms with Crippen molar-refractivity contribution in [2.45, 2.75) is 10.6 Å². The maximum Gasteiger partial charge on any atom is 0.119 e. The molecule has 3 rings (SSSR count). The molecule has 0 N–H and O–H groups in total. The van der Waals surface area contributed by atoms with E-state index in [0.717, 1.165) is 22.2 Å². The molecule has 1 aliphatic heterocycles.